The van der Waals surface area contributed by atoms with Gasteiger partial charge < -0.3 is 9.84 Å². The molecule has 0 aromatic heterocycles. The maximum absolute atomic E-state index is 12.8. The summed E-state index contributed by atoms with van der Waals surface area (Å²) < 4.78 is 43.7. The highest BCUT2D eigenvalue weighted by Crippen LogP contribution is 2.36. The number of hydrogen-bond acceptors (Lipinski definition) is 2. The Balaban J connectivity index is 2.37. The number of alkyl halides is 3. The molecular weight excluding hydrogens is 353 g/mol. The van der Waals surface area contributed by atoms with Gasteiger partial charge in [-0.15, -0.1) is 0 Å². The maximum Gasteiger partial charge on any atom is 0.426 e. The quantitative estimate of drug-likeness (QED) is 0.877. The van der Waals surface area contributed by atoms with Crippen molar-refractivity contribution in [1.29, 1.82) is 0 Å². The minimum absolute atomic E-state index is 0.0442. The first-order valence-corrected chi connectivity index (χ1v) is 6.70. The summed E-state index contributed by atoms with van der Waals surface area (Å²) in [4.78, 5) is 10.6. The molecule has 2 aromatic rings. The number of hydrogen-bond donors (Lipinski definition) is 1. The van der Waals surface area contributed by atoms with Crippen molar-refractivity contribution in [3.8, 4) is 5.75 Å². The number of benzene rings is 2. The second-order valence-corrected chi connectivity index (χ2v) is 5.14. The molecule has 0 aliphatic heterocycles. The number of carboxylic acids is 1. The largest absolute Gasteiger partial charge is 0.481 e. The average molecular weight is 363 g/mol. The molecule has 0 saturated heterocycles. The van der Waals surface area contributed by atoms with Gasteiger partial charge in [-0.25, -0.2) is 0 Å². The van der Waals surface area contributed by atoms with Crippen molar-refractivity contribution in [3.63, 3.8) is 0 Å². The van der Waals surface area contributed by atoms with Crippen molar-refractivity contribution in [3.05, 3.63) is 40.9 Å². The summed E-state index contributed by atoms with van der Waals surface area (Å²) in [5.74, 6) is -1.62. The topological polar surface area (TPSA) is 46.5 Å². The Labute approximate surface area is 126 Å². The zero-order valence-corrected chi connectivity index (χ0v) is 12.1. The minimum Gasteiger partial charge on any atom is -0.481 e. The van der Waals surface area contributed by atoms with E-state index in [1.807, 2.05) is 6.07 Å². The van der Waals surface area contributed by atoms with E-state index in [0.717, 1.165) is 5.39 Å². The summed E-state index contributed by atoms with van der Waals surface area (Å²) in [7, 11) is 0. The second kappa shape index (κ2) is 5.93. The highest BCUT2D eigenvalue weighted by molar-refractivity contribution is 9.10. The van der Waals surface area contributed by atoms with Gasteiger partial charge in [0.15, 0.2) is 0 Å². The van der Waals surface area contributed by atoms with Crippen LogP contribution in [0.2, 0.25) is 0 Å². The third kappa shape index (κ3) is 3.66. The molecule has 0 saturated carbocycles. The summed E-state index contributed by atoms with van der Waals surface area (Å²) in [6, 6.07) is 10.1. The Hall–Kier alpha value is -1.76. The standard InChI is InChI=1S/C14H10BrF3O3/c15-13-9-4-2-1-3-8(9)5-6-10(13)21-11(7-12(19)20)14(16,17)18/h1-6,11H,7H2,(H,19,20). The molecule has 0 heterocycles. The van der Waals surface area contributed by atoms with Crippen LogP contribution in [0.1, 0.15) is 6.42 Å². The first-order valence-electron chi connectivity index (χ1n) is 5.91. The van der Waals surface area contributed by atoms with E-state index in [9.17, 15) is 18.0 Å². The van der Waals surface area contributed by atoms with Crippen LogP contribution < -0.4 is 4.74 Å². The molecule has 0 bridgehead atoms. The lowest BCUT2D eigenvalue weighted by molar-refractivity contribution is -0.200. The van der Waals surface area contributed by atoms with Gasteiger partial charge in [0.1, 0.15) is 5.75 Å². The molecular formula is C14H10BrF3O3. The summed E-state index contributed by atoms with van der Waals surface area (Å²) in [6.45, 7) is 0. The van der Waals surface area contributed by atoms with Gasteiger partial charge in [0.05, 0.1) is 10.9 Å². The Morgan fingerprint density at radius 3 is 2.52 bits per heavy atom. The number of fused-ring (bicyclic) bond motifs is 1. The van der Waals surface area contributed by atoms with E-state index in [1.165, 1.54) is 6.07 Å². The Kier molecular flexibility index (Phi) is 4.41. The molecule has 0 spiro atoms. The van der Waals surface area contributed by atoms with E-state index in [1.54, 1.807) is 24.3 Å². The van der Waals surface area contributed by atoms with E-state index < -0.39 is 24.7 Å². The number of carboxylic acid groups (broad SMARTS) is 1. The molecule has 0 fully saturated rings. The minimum atomic E-state index is -4.76. The molecule has 2 rings (SSSR count). The fourth-order valence-corrected chi connectivity index (χ4v) is 2.43. The Morgan fingerprint density at radius 2 is 1.90 bits per heavy atom. The van der Waals surface area contributed by atoms with Gasteiger partial charge in [-0.05, 0) is 32.8 Å². The number of halogens is 4. The van der Waals surface area contributed by atoms with Crippen LogP contribution in [0.15, 0.2) is 40.9 Å². The molecule has 3 nitrogen and oxygen atoms in total. The zero-order chi connectivity index (χ0) is 15.6. The molecule has 7 heteroatoms. The molecule has 1 N–H and O–H groups in total. The second-order valence-electron chi connectivity index (χ2n) is 4.34. The monoisotopic (exact) mass is 362 g/mol. The van der Waals surface area contributed by atoms with Crippen LogP contribution in [0.25, 0.3) is 10.8 Å². The summed E-state index contributed by atoms with van der Waals surface area (Å²) in [5, 5.41) is 10.1. The molecule has 112 valence electrons. The van der Waals surface area contributed by atoms with E-state index in [-0.39, 0.29) is 5.75 Å². The smallest absolute Gasteiger partial charge is 0.426 e. The highest BCUT2D eigenvalue weighted by Gasteiger charge is 2.43. The Morgan fingerprint density at radius 1 is 1.24 bits per heavy atom. The predicted octanol–water partition coefficient (Wildman–Crippen LogP) is 4.39. The summed E-state index contributed by atoms with van der Waals surface area (Å²) in [5.41, 5.74) is 0. The molecule has 0 aliphatic carbocycles. The van der Waals surface area contributed by atoms with Crippen molar-refractivity contribution < 1.29 is 27.8 Å². The molecule has 2 aromatic carbocycles. The average Bonchev–Trinajstić information content (AvgIpc) is 2.39. The van der Waals surface area contributed by atoms with Crippen molar-refractivity contribution in [2.24, 2.45) is 0 Å². The lowest BCUT2D eigenvalue weighted by atomic mass is 10.1. The molecule has 0 aliphatic rings. The van der Waals surface area contributed by atoms with Gasteiger partial charge in [-0.2, -0.15) is 13.2 Å². The van der Waals surface area contributed by atoms with E-state index in [0.29, 0.717) is 9.86 Å². The highest BCUT2D eigenvalue weighted by atomic mass is 79.9. The van der Waals surface area contributed by atoms with Crippen LogP contribution in [0, 0.1) is 0 Å². The lowest BCUT2D eigenvalue weighted by Gasteiger charge is -2.21. The van der Waals surface area contributed by atoms with Crippen molar-refractivity contribution in [2.75, 3.05) is 0 Å². The van der Waals surface area contributed by atoms with E-state index in [2.05, 4.69) is 15.9 Å². The zero-order valence-electron chi connectivity index (χ0n) is 10.5. The van der Waals surface area contributed by atoms with Gasteiger partial charge in [-0.1, -0.05) is 30.3 Å². The van der Waals surface area contributed by atoms with Crippen LogP contribution in [0.5, 0.6) is 5.75 Å². The van der Waals surface area contributed by atoms with Crippen LogP contribution in [0.3, 0.4) is 0 Å². The van der Waals surface area contributed by atoms with Crippen LogP contribution in [-0.2, 0) is 4.79 Å². The first kappa shape index (κ1) is 15.6. The third-order valence-corrected chi connectivity index (χ3v) is 3.64. The summed E-state index contributed by atoms with van der Waals surface area (Å²) in [6.07, 6.45) is -8.31. The van der Waals surface area contributed by atoms with Crippen molar-refractivity contribution >= 4 is 32.7 Å². The normalized spacial score (nSPS) is 13.1. The number of carbonyl (C=O) groups is 1. The fraction of sp³-hybridized carbons (Fsp3) is 0.214. The Bertz CT molecular complexity index is 670. The lowest BCUT2D eigenvalue weighted by Crippen LogP contribution is -2.36. The maximum atomic E-state index is 12.8. The van der Waals surface area contributed by atoms with E-state index in [4.69, 9.17) is 9.84 Å². The van der Waals surface area contributed by atoms with Gasteiger partial charge in [-0.3, -0.25) is 4.79 Å². The molecule has 21 heavy (non-hydrogen) atoms. The predicted molar refractivity (Wildman–Crippen MR) is 74.4 cm³/mol. The van der Waals surface area contributed by atoms with Gasteiger partial charge in [0.25, 0.3) is 0 Å². The summed E-state index contributed by atoms with van der Waals surface area (Å²) >= 11 is 3.20. The SMILES string of the molecule is O=C(O)CC(Oc1ccc2ccccc2c1Br)C(F)(F)F. The number of ether oxygens (including phenoxy) is 1. The van der Waals surface area contributed by atoms with E-state index >= 15 is 0 Å². The molecule has 1 atom stereocenters. The molecule has 0 amide bonds. The van der Waals surface area contributed by atoms with Crippen LogP contribution in [-0.4, -0.2) is 23.4 Å². The van der Waals surface area contributed by atoms with Crippen molar-refractivity contribution in [2.45, 2.75) is 18.7 Å². The van der Waals surface area contributed by atoms with Gasteiger partial charge in [0, 0.05) is 0 Å². The van der Waals surface area contributed by atoms with Crippen molar-refractivity contribution in [1.82, 2.24) is 0 Å². The molecule has 1 unspecified atom stereocenters. The van der Waals surface area contributed by atoms with Crippen LogP contribution in [0.4, 0.5) is 13.2 Å². The fourth-order valence-electron chi connectivity index (χ4n) is 1.84. The number of aliphatic carboxylic acids is 1. The molecule has 0 radical (unpaired) electrons. The first-order chi connectivity index (χ1) is 9.79. The van der Waals surface area contributed by atoms with Gasteiger partial charge in [0.2, 0.25) is 6.10 Å². The van der Waals surface area contributed by atoms with Gasteiger partial charge >= 0.3 is 12.1 Å². The van der Waals surface area contributed by atoms with Crippen LogP contribution >= 0.6 is 15.9 Å². The third-order valence-electron chi connectivity index (χ3n) is 2.82. The number of rotatable bonds is 4.